The zero-order valence-electron chi connectivity index (χ0n) is 33.9. The number of fused-ring (bicyclic) bond motifs is 2. The molecule has 0 aromatic carbocycles. The molecule has 2 aromatic rings. The van der Waals surface area contributed by atoms with Gasteiger partial charge in [0.1, 0.15) is 47.5 Å². The van der Waals surface area contributed by atoms with E-state index in [-0.39, 0.29) is 31.4 Å². The summed E-state index contributed by atoms with van der Waals surface area (Å²) < 4.78 is 37.2. The lowest BCUT2D eigenvalue weighted by Crippen LogP contribution is -2.47. The van der Waals surface area contributed by atoms with E-state index in [1.807, 2.05) is 11.8 Å². The number of carboxylic acid groups (broad SMARTS) is 1. The first-order valence-electron chi connectivity index (χ1n) is 18.4. The first-order valence-corrected chi connectivity index (χ1v) is 18.4. The smallest absolute Gasteiger partial charge is 0.413 e. The molecule has 19 nitrogen and oxygen atoms in total. The van der Waals surface area contributed by atoms with Gasteiger partial charge in [-0.25, -0.2) is 34.1 Å². The van der Waals surface area contributed by atoms with Crippen molar-refractivity contribution >= 4 is 41.2 Å². The molecule has 0 spiro atoms. The summed E-state index contributed by atoms with van der Waals surface area (Å²) >= 11 is 0. The summed E-state index contributed by atoms with van der Waals surface area (Å²) in [6, 6.07) is -1.55. The Hall–Kier alpha value is -4.33. The number of carbonyl (C=O) groups excluding carboxylic acids is 3. The van der Waals surface area contributed by atoms with Gasteiger partial charge in [-0.15, -0.1) is 0 Å². The Kier molecular flexibility index (Phi) is 13.3. The Morgan fingerprint density at radius 3 is 2.02 bits per heavy atom. The molecule has 4 rings (SSSR count). The number of imidazole rings is 1. The summed E-state index contributed by atoms with van der Waals surface area (Å²) in [5.74, 6) is -2.03. The van der Waals surface area contributed by atoms with Crippen molar-refractivity contribution in [2.45, 2.75) is 155 Å². The van der Waals surface area contributed by atoms with Crippen molar-refractivity contribution in [2.24, 2.45) is 0 Å². The highest BCUT2D eigenvalue weighted by Crippen LogP contribution is 2.44. The number of alkyl carbamates (subject to hydrolysis) is 2. The van der Waals surface area contributed by atoms with Gasteiger partial charge in [0, 0.05) is 25.7 Å². The van der Waals surface area contributed by atoms with Crippen LogP contribution in [0.4, 0.5) is 20.2 Å². The lowest BCUT2D eigenvalue weighted by molar-refractivity contribution is -0.198. The molecule has 3 amide bonds. The highest BCUT2D eigenvalue weighted by atomic mass is 16.8. The molecule has 2 aliphatic rings. The van der Waals surface area contributed by atoms with Crippen LogP contribution in [0.5, 0.6) is 0 Å². The topological polar surface area (TPSA) is 227 Å². The lowest BCUT2D eigenvalue weighted by atomic mass is 10.1. The molecule has 0 aliphatic carbocycles. The van der Waals surface area contributed by atoms with Crippen molar-refractivity contribution in [2.75, 3.05) is 25.0 Å². The molecule has 0 radical (unpaired) electrons. The number of hydrogen-bond acceptors (Lipinski definition) is 14. The number of aromatic nitrogens is 4. The molecule has 308 valence electrons. The minimum absolute atomic E-state index is 0.0338. The summed E-state index contributed by atoms with van der Waals surface area (Å²) in [5, 5.41) is 17.9. The van der Waals surface area contributed by atoms with Crippen LogP contribution in [0.25, 0.3) is 11.2 Å². The molecule has 19 heteroatoms. The van der Waals surface area contributed by atoms with Crippen LogP contribution in [-0.2, 0) is 33.2 Å². The van der Waals surface area contributed by atoms with Crippen LogP contribution in [0.2, 0.25) is 0 Å². The maximum atomic E-state index is 12.6. The second-order valence-corrected chi connectivity index (χ2v) is 17.3. The molecule has 2 fully saturated rings. The van der Waals surface area contributed by atoms with Gasteiger partial charge < -0.3 is 49.1 Å². The minimum Gasteiger partial charge on any atom is -0.480 e. The Morgan fingerprint density at radius 2 is 1.42 bits per heavy atom. The number of nitrogens with zero attached hydrogens (tertiary/aromatic N) is 5. The van der Waals surface area contributed by atoms with Crippen molar-refractivity contribution < 1.29 is 52.7 Å². The van der Waals surface area contributed by atoms with Gasteiger partial charge in [-0.2, -0.15) is 0 Å². The van der Waals surface area contributed by atoms with Gasteiger partial charge in [0.15, 0.2) is 29.0 Å². The number of carbonyl (C=O) groups is 4. The molecule has 2 aromatic heterocycles. The van der Waals surface area contributed by atoms with Gasteiger partial charge in [0.25, 0.3) is 0 Å². The van der Waals surface area contributed by atoms with Crippen LogP contribution in [0.1, 0.15) is 102 Å². The fourth-order valence-corrected chi connectivity index (χ4v) is 6.08. The van der Waals surface area contributed by atoms with Crippen LogP contribution < -0.4 is 16.0 Å². The molecule has 4 heterocycles. The number of hydrogen-bond donors (Lipinski definition) is 4. The van der Waals surface area contributed by atoms with Crippen LogP contribution >= 0.6 is 0 Å². The van der Waals surface area contributed by atoms with E-state index in [1.165, 1.54) is 12.7 Å². The Bertz CT molecular complexity index is 1680. The normalized spacial score (nSPS) is 22.1. The fourth-order valence-electron chi connectivity index (χ4n) is 6.08. The number of amides is 3. The Labute approximate surface area is 321 Å². The molecule has 6 atom stereocenters. The molecule has 0 bridgehead atoms. The van der Waals surface area contributed by atoms with E-state index in [9.17, 15) is 24.3 Å². The van der Waals surface area contributed by atoms with Crippen LogP contribution in [0.15, 0.2) is 12.7 Å². The van der Waals surface area contributed by atoms with E-state index < -0.39 is 77.4 Å². The second-order valence-electron chi connectivity index (χ2n) is 17.3. The lowest BCUT2D eigenvalue weighted by Gasteiger charge is -2.31. The Balaban J connectivity index is 1.57. The van der Waals surface area contributed by atoms with Crippen LogP contribution in [-0.4, -0.2) is 126 Å². The standard InChI is InChI=1S/C36H58N8O11/c1-20(40-30(47)53-33(2,3)4)13-15-43(16-14-21(29(45)46)41-31(48)54-34(5,6)7)17-22-24-25(52-36(11,12)51-24)28(50-22)44-19-39-23-26(37-18-38-27(23)44)42-32(49)55-35(8,9)10/h18-22,24-25,28H,13-17H2,1-12H3,(H,40,47)(H,41,48)(H,45,46)(H,37,38,42,49)/t20-,21+,22-,24-,25-,28-/m1/s1. The SMILES string of the molecule is C[C@H](CCN(CC[C@H](NC(=O)OC(C)(C)C)C(=O)O)C[C@H]1O[C@@H](n2cnc3c(NC(=O)OC(C)(C)C)ncnc32)[C@@H]2OC(C)(C)O[C@@H]21)NC(=O)OC(C)(C)C. The van der Waals surface area contributed by atoms with E-state index in [0.717, 1.165) is 0 Å². The number of nitrogens with one attached hydrogen (secondary N) is 3. The highest BCUT2D eigenvalue weighted by Gasteiger charge is 2.56. The van der Waals surface area contributed by atoms with Crippen molar-refractivity contribution in [3.63, 3.8) is 0 Å². The quantitative estimate of drug-likeness (QED) is 0.204. The summed E-state index contributed by atoms with van der Waals surface area (Å²) in [7, 11) is 0. The number of rotatable bonds is 13. The predicted octanol–water partition coefficient (Wildman–Crippen LogP) is 4.56. The summed E-state index contributed by atoms with van der Waals surface area (Å²) in [5.41, 5.74) is -1.54. The first kappa shape index (κ1) is 43.4. The molecule has 2 aliphatic heterocycles. The zero-order chi connectivity index (χ0) is 41.1. The minimum atomic E-state index is -1.25. The maximum absolute atomic E-state index is 12.6. The van der Waals surface area contributed by atoms with Crippen LogP contribution in [0, 0.1) is 0 Å². The highest BCUT2D eigenvalue weighted by molar-refractivity contribution is 5.93. The van der Waals surface area contributed by atoms with Crippen molar-refractivity contribution in [3.05, 3.63) is 12.7 Å². The van der Waals surface area contributed by atoms with Crippen LogP contribution in [0.3, 0.4) is 0 Å². The van der Waals surface area contributed by atoms with E-state index >= 15 is 0 Å². The van der Waals surface area contributed by atoms with Gasteiger partial charge in [-0.1, -0.05) is 0 Å². The molecule has 2 saturated heterocycles. The fraction of sp³-hybridized carbons (Fsp3) is 0.750. The van der Waals surface area contributed by atoms with Gasteiger partial charge >= 0.3 is 24.2 Å². The number of carboxylic acids is 1. The van der Waals surface area contributed by atoms with Gasteiger partial charge in [-0.05, 0) is 95.9 Å². The molecule has 0 unspecified atom stereocenters. The average molecular weight is 779 g/mol. The third-order valence-electron chi connectivity index (χ3n) is 8.18. The molecule has 4 N–H and O–H groups in total. The van der Waals surface area contributed by atoms with Crippen molar-refractivity contribution in [1.82, 2.24) is 35.1 Å². The predicted molar refractivity (Wildman–Crippen MR) is 198 cm³/mol. The molecule has 0 saturated carbocycles. The van der Waals surface area contributed by atoms with Crippen molar-refractivity contribution in [1.29, 1.82) is 0 Å². The second kappa shape index (κ2) is 16.8. The summed E-state index contributed by atoms with van der Waals surface area (Å²) in [6.45, 7) is 22.0. The third kappa shape index (κ3) is 12.9. The number of anilines is 1. The third-order valence-corrected chi connectivity index (χ3v) is 8.18. The monoisotopic (exact) mass is 778 g/mol. The molecule has 55 heavy (non-hydrogen) atoms. The maximum Gasteiger partial charge on any atom is 0.413 e. The van der Waals surface area contributed by atoms with E-state index in [2.05, 4.69) is 30.9 Å². The van der Waals surface area contributed by atoms with Gasteiger partial charge in [0.2, 0.25) is 0 Å². The van der Waals surface area contributed by atoms with Gasteiger partial charge in [0.05, 0.1) is 6.33 Å². The summed E-state index contributed by atoms with van der Waals surface area (Å²) in [4.78, 5) is 64.9. The average Bonchev–Trinajstić information content (AvgIpc) is 3.66. The Morgan fingerprint density at radius 1 is 0.855 bits per heavy atom. The molecular weight excluding hydrogens is 720 g/mol. The largest absolute Gasteiger partial charge is 0.480 e. The molecular formula is C36H58N8O11. The van der Waals surface area contributed by atoms with E-state index in [1.54, 1.807) is 80.7 Å². The van der Waals surface area contributed by atoms with Gasteiger partial charge in [-0.3, -0.25) is 9.88 Å². The van der Waals surface area contributed by atoms with E-state index in [0.29, 0.717) is 24.1 Å². The number of ether oxygens (including phenoxy) is 6. The summed E-state index contributed by atoms with van der Waals surface area (Å²) in [6.07, 6.45) is -1.28. The number of aliphatic carboxylic acids is 1. The van der Waals surface area contributed by atoms with E-state index in [4.69, 9.17) is 28.4 Å². The van der Waals surface area contributed by atoms with Crippen molar-refractivity contribution in [3.8, 4) is 0 Å². The first-order chi connectivity index (χ1) is 25.3. The zero-order valence-corrected chi connectivity index (χ0v) is 33.9.